The molecule has 0 spiro atoms. The molecular weight excluding hydrogens is 240 g/mol. The Morgan fingerprint density at radius 3 is 2.33 bits per heavy atom. The minimum Gasteiger partial charge on any atom is -0.533 e. The molecule has 0 aliphatic heterocycles. The Labute approximate surface area is 111 Å². The van der Waals surface area contributed by atoms with Gasteiger partial charge in [0.05, 0.1) is 7.11 Å². The predicted molar refractivity (Wildman–Crippen MR) is 74.8 cm³/mol. The quantitative estimate of drug-likeness (QED) is 0.766. The minimum atomic E-state index is 0.307. The maximum atomic E-state index is 5.86. The number of aryl methyl sites for hydroxylation is 1. The van der Waals surface area contributed by atoms with Gasteiger partial charge in [-0.3, -0.25) is 0 Å². The molecule has 18 heavy (non-hydrogen) atoms. The van der Waals surface area contributed by atoms with E-state index in [0.717, 1.165) is 17.9 Å². The number of rotatable bonds is 5. The Bertz CT molecular complexity index is 464. The molecule has 0 amide bonds. The fourth-order valence-electron chi connectivity index (χ4n) is 1.74. The second-order valence-electron chi connectivity index (χ2n) is 3.87. The van der Waals surface area contributed by atoms with E-state index in [1.807, 2.05) is 30.3 Å². The number of methoxy groups -OCH3 is 1. The van der Waals surface area contributed by atoms with Gasteiger partial charge in [-0.1, -0.05) is 43.3 Å². The molecule has 2 aromatic rings. The van der Waals surface area contributed by atoms with E-state index >= 15 is 0 Å². The molecule has 0 fully saturated rings. The van der Waals surface area contributed by atoms with Crippen molar-refractivity contribution in [2.45, 2.75) is 13.3 Å². The van der Waals surface area contributed by atoms with Crippen LogP contribution in [0.2, 0.25) is 0 Å². The second kappa shape index (κ2) is 6.26. The summed E-state index contributed by atoms with van der Waals surface area (Å²) in [5.41, 5.74) is 1.34. The van der Waals surface area contributed by atoms with Gasteiger partial charge < -0.3 is 9.16 Å². The Morgan fingerprint density at radius 1 is 0.944 bits per heavy atom. The zero-order valence-electron chi connectivity index (χ0n) is 10.6. The molecule has 2 aromatic carbocycles. The smallest absolute Gasteiger partial charge is 0.351 e. The number of para-hydroxylation sites is 2. The Kier molecular flexibility index (Phi) is 4.42. The molecule has 92 valence electrons. The maximum absolute atomic E-state index is 5.86. The van der Waals surface area contributed by atoms with E-state index in [-0.39, 0.29) is 0 Å². The summed E-state index contributed by atoms with van der Waals surface area (Å²) < 4.78 is 11.1. The van der Waals surface area contributed by atoms with Crippen LogP contribution in [-0.2, 0) is 6.42 Å². The van der Waals surface area contributed by atoms with E-state index < -0.39 is 0 Å². The summed E-state index contributed by atoms with van der Waals surface area (Å²) in [6.45, 7) is 2.16. The van der Waals surface area contributed by atoms with Crippen molar-refractivity contribution in [2.24, 2.45) is 0 Å². The van der Waals surface area contributed by atoms with Gasteiger partial charge in [0.1, 0.15) is 5.75 Å². The van der Waals surface area contributed by atoms with Crippen LogP contribution >= 0.6 is 0 Å². The molecule has 0 aromatic heterocycles. The normalized spacial score (nSPS) is 10.1. The molecule has 0 aliphatic carbocycles. The number of ether oxygens (including phenoxy) is 1. The van der Waals surface area contributed by atoms with Gasteiger partial charge in [0.25, 0.3) is 0 Å². The summed E-state index contributed by atoms with van der Waals surface area (Å²) in [7, 11) is 1.97. The van der Waals surface area contributed by atoms with E-state index in [1.54, 1.807) is 7.11 Å². The minimum absolute atomic E-state index is 0.307. The third-order valence-corrected chi connectivity index (χ3v) is 3.77. The Balaban J connectivity index is 2.11. The topological polar surface area (TPSA) is 18.5 Å². The predicted octanol–water partition coefficient (Wildman–Crippen LogP) is 2.58. The van der Waals surface area contributed by atoms with Gasteiger partial charge in [-0.25, -0.2) is 0 Å². The van der Waals surface area contributed by atoms with Crippen LogP contribution in [0.25, 0.3) is 0 Å². The van der Waals surface area contributed by atoms with Crippen molar-refractivity contribution in [3.05, 3.63) is 54.1 Å². The lowest BCUT2D eigenvalue weighted by Crippen LogP contribution is -2.24. The molecule has 0 bridgehead atoms. The van der Waals surface area contributed by atoms with E-state index in [9.17, 15) is 0 Å². The van der Waals surface area contributed by atoms with E-state index in [0.29, 0.717) is 9.76 Å². The third kappa shape index (κ3) is 2.93. The lowest BCUT2D eigenvalue weighted by Gasteiger charge is -2.11. The first-order valence-electron chi connectivity index (χ1n) is 5.99. The third-order valence-electron chi connectivity index (χ3n) is 2.74. The standard InChI is InChI=1S/C15H16O2Si/c1-3-12-8-4-7-11-15(12)18-17-14-10-6-5-9-13(14)16-2/h4-11H,3H2,1-2H3. The van der Waals surface area contributed by atoms with Gasteiger partial charge in [-0.15, -0.1) is 0 Å². The van der Waals surface area contributed by atoms with Crippen LogP contribution in [0.15, 0.2) is 48.5 Å². The molecule has 0 heterocycles. The monoisotopic (exact) mass is 256 g/mol. The van der Waals surface area contributed by atoms with Gasteiger partial charge >= 0.3 is 9.76 Å². The SMILES string of the molecule is CCc1ccccc1[Si]Oc1ccccc1OC. The van der Waals surface area contributed by atoms with Crippen molar-refractivity contribution in [2.75, 3.05) is 7.11 Å². The van der Waals surface area contributed by atoms with E-state index in [2.05, 4.69) is 25.1 Å². The molecule has 0 atom stereocenters. The molecule has 0 unspecified atom stereocenters. The lowest BCUT2D eigenvalue weighted by atomic mass is 10.2. The summed E-state index contributed by atoms with van der Waals surface area (Å²) in [6.07, 6.45) is 1.03. The van der Waals surface area contributed by atoms with Crippen molar-refractivity contribution >= 4 is 14.9 Å². The van der Waals surface area contributed by atoms with Crippen LogP contribution in [0.4, 0.5) is 0 Å². The van der Waals surface area contributed by atoms with Crippen LogP contribution in [0, 0.1) is 0 Å². The van der Waals surface area contributed by atoms with Crippen molar-refractivity contribution in [3.63, 3.8) is 0 Å². The van der Waals surface area contributed by atoms with Crippen LogP contribution < -0.4 is 14.3 Å². The summed E-state index contributed by atoms with van der Waals surface area (Å²) in [5.74, 6) is 1.57. The Hall–Kier alpha value is -1.74. The highest BCUT2D eigenvalue weighted by Gasteiger charge is 2.07. The fraction of sp³-hybridized carbons (Fsp3) is 0.200. The van der Waals surface area contributed by atoms with Gasteiger partial charge in [0, 0.05) is 0 Å². The van der Waals surface area contributed by atoms with Crippen molar-refractivity contribution in [3.8, 4) is 11.5 Å². The molecule has 3 heteroatoms. The highest BCUT2D eigenvalue weighted by Crippen LogP contribution is 2.25. The zero-order valence-corrected chi connectivity index (χ0v) is 11.6. The van der Waals surface area contributed by atoms with E-state index in [4.69, 9.17) is 9.16 Å². The highest BCUT2D eigenvalue weighted by molar-refractivity contribution is 6.48. The summed E-state index contributed by atoms with van der Waals surface area (Å²) in [6, 6.07) is 16.1. The maximum Gasteiger partial charge on any atom is 0.351 e. The first-order chi connectivity index (χ1) is 8.85. The first-order valence-corrected chi connectivity index (χ1v) is 6.89. The van der Waals surface area contributed by atoms with Gasteiger partial charge in [-0.2, -0.15) is 0 Å². The van der Waals surface area contributed by atoms with Crippen molar-refractivity contribution in [1.29, 1.82) is 0 Å². The van der Waals surface area contributed by atoms with E-state index in [1.165, 1.54) is 10.8 Å². The summed E-state index contributed by atoms with van der Waals surface area (Å²) in [5, 5.41) is 1.26. The van der Waals surface area contributed by atoms with Crippen LogP contribution in [0.5, 0.6) is 11.5 Å². The fourth-order valence-corrected chi connectivity index (χ4v) is 2.69. The summed E-state index contributed by atoms with van der Waals surface area (Å²) >= 11 is 0. The molecular formula is C15H16O2Si. The molecule has 2 radical (unpaired) electrons. The lowest BCUT2D eigenvalue weighted by molar-refractivity contribution is 0.396. The largest absolute Gasteiger partial charge is 0.533 e. The van der Waals surface area contributed by atoms with Crippen LogP contribution in [0.1, 0.15) is 12.5 Å². The molecule has 0 aliphatic rings. The average Bonchev–Trinajstić information content (AvgIpc) is 2.45. The zero-order chi connectivity index (χ0) is 12.8. The second-order valence-corrected chi connectivity index (χ2v) is 4.81. The Morgan fingerprint density at radius 2 is 1.61 bits per heavy atom. The van der Waals surface area contributed by atoms with Gasteiger partial charge in [-0.05, 0) is 29.3 Å². The number of benzene rings is 2. The van der Waals surface area contributed by atoms with Crippen LogP contribution in [-0.4, -0.2) is 16.9 Å². The average molecular weight is 256 g/mol. The first kappa shape index (κ1) is 12.7. The van der Waals surface area contributed by atoms with Crippen molar-refractivity contribution in [1.82, 2.24) is 0 Å². The highest BCUT2D eigenvalue weighted by atomic mass is 28.2. The molecule has 0 N–H and O–H groups in total. The van der Waals surface area contributed by atoms with Crippen molar-refractivity contribution < 1.29 is 9.16 Å². The molecule has 2 rings (SSSR count). The van der Waals surface area contributed by atoms with Gasteiger partial charge in [0.15, 0.2) is 5.75 Å². The number of hydrogen-bond donors (Lipinski definition) is 0. The molecule has 0 saturated heterocycles. The summed E-state index contributed by atoms with van der Waals surface area (Å²) in [4.78, 5) is 0. The number of hydrogen-bond acceptors (Lipinski definition) is 2. The van der Waals surface area contributed by atoms with Crippen LogP contribution in [0.3, 0.4) is 0 Å². The molecule has 2 nitrogen and oxygen atoms in total. The molecule has 0 saturated carbocycles. The van der Waals surface area contributed by atoms with Gasteiger partial charge in [0.2, 0.25) is 0 Å².